The Balaban J connectivity index is 0. The molecule has 80 valence electrons. The molecule has 0 aliphatic carbocycles. The van der Waals surface area contributed by atoms with Crippen molar-refractivity contribution in [2.24, 2.45) is 5.73 Å². The van der Waals surface area contributed by atoms with Crippen molar-refractivity contribution in [2.75, 3.05) is 0 Å². The molecule has 0 unspecified atom stereocenters. The van der Waals surface area contributed by atoms with Gasteiger partial charge in [-0.1, -0.05) is 17.8 Å². The van der Waals surface area contributed by atoms with E-state index >= 15 is 0 Å². The summed E-state index contributed by atoms with van der Waals surface area (Å²) in [5, 5.41) is 7.14. The first-order valence-electron chi connectivity index (χ1n) is 3.57. The molecule has 0 spiro atoms. The highest BCUT2D eigenvalue weighted by molar-refractivity contribution is 8.13. The van der Waals surface area contributed by atoms with Crippen LogP contribution >= 0.6 is 36.6 Å². The lowest BCUT2D eigenvalue weighted by Gasteiger charge is -1.98. The van der Waals surface area contributed by atoms with Gasteiger partial charge in [-0.25, -0.2) is 0 Å². The molecular formula is C8H13Cl2N3S. The first-order chi connectivity index (χ1) is 5.68. The summed E-state index contributed by atoms with van der Waals surface area (Å²) >= 11 is 1.29. The highest BCUT2D eigenvalue weighted by Gasteiger charge is 1.95. The largest absolute Gasteiger partial charge is 0.379 e. The van der Waals surface area contributed by atoms with E-state index in [-0.39, 0.29) is 30.0 Å². The molecule has 0 atom stereocenters. The summed E-state index contributed by atoms with van der Waals surface area (Å²) < 4.78 is 0. The standard InChI is InChI=1S/C8H11N3S.2ClH/c1-6-2-3-7(11-4-6)5-12-8(9)10;;/h2-4H,5H2,1H3,(H3,9,10);2*1H. The van der Waals surface area contributed by atoms with Gasteiger partial charge in [0, 0.05) is 11.9 Å². The smallest absolute Gasteiger partial charge is 0.151 e. The molecule has 1 aromatic heterocycles. The molecule has 0 aliphatic rings. The van der Waals surface area contributed by atoms with E-state index in [9.17, 15) is 0 Å². The number of aromatic nitrogens is 1. The number of rotatable bonds is 2. The second-order valence-electron chi connectivity index (χ2n) is 2.48. The number of hydrogen-bond donors (Lipinski definition) is 2. The monoisotopic (exact) mass is 253 g/mol. The van der Waals surface area contributed by atoms with Crippen LogP contribution in [0.1, 0.15) is 11.3 Å². The summed E-state index contributed by atoms with van der Waals surface area (Å²) in [6.07, 6.45) is 1.82. The van der Waals surface area contributed by atoms with E-state index in [2.05, 4.69) is 4.98 Å². The Kier molecular flexibility index (Phi) is 9.04. The maximum absolute atomic E-state index is 7.00. The third-order valence-corrected chi connectivity index (χ3v) is 2.10. The van der Waals surface area contributed by atoms with Crippen LogP contribution in [-0.4, -0.2) is 10.2 Å². The maximum atomic E-state index is 7.00. The Morgan fingerprint density at radius 2 is 2.14 bits per heavy atom. The van der Waals surface area contributed by atoms with Gasteiger partial charge in [-0.2, -0.15) is 0 Å². The third kappa shape index (κ3) is 6.07. The molecule has 3 nitrogen and oxygen atoms in total. The fraction of sp³-hybridized carbons (Fsp3) is 0.250. The fourth-order valence-corrected chi connectivity index (χ4v) is 1.21. The molecule has 6 heteroatoms. The van der Waals surface area contributed by atoms with Crippen LogP contribution in [-0.2, 0) is 5.75 Å². The third-order valence-electron chi connectivity index (χ3n) is 1.35. The Bertz CT molecular complexity index is 276. The van der Waals surface area contributed by atoms with Gasteiger partial charge < -0.3 is 5.73 Å². The number of amidine groups is 1. The zero-order valence-electron chi connectivity index (χ0n) is 7.69. The van der Waals surface area contributed by atoms with Crippen LogP contribution in [0, 0.1) is 12.3 Å². The van der Waals surface area contributed by atoms with Crippen molar-refractivity contribution in [2.45, 2.75) is 12.7 Å². The van der Waals surface area contributed by atoms with Gasteiger partial charge in [0.05, 0.1) is 5.69 Å². The SMILES string of the molecule is Cc1ccc(CSC(=N)N)nc1.Cl.Cl. The van der Waals surface area contributed by atoms with Gasteiger partial charge in [0.15, 0.2) is 5.17 Å². The summed E-state index contributed by atoms with van der Waals surface area (Å²) in [6, 6.07) is 3.95. The number of nitrogens with one attached hydrogen (secondary N) is 1. The van der Waals surface area contributed by atoms with Gasteiger partial charge in [0.2, 0.25) is 0 Å². The summed E-state index contributed by atoms with van der Waals surface area (Å²) in [4.78, 5) is 4.18. The van der Waals surface area contributed by atoms with Crippen LogP contribution in [0.3, 0.4) is 0 Å². The van der Waals surface area contributed by atoms with Crippen LogP contribution in [0.25, 0.3) is 0 Å². The van der Waals surface area contributed by atoms with E-state index in [1.807, 2.05) is 25.3 Å². The molecule has 0 aromatic carbocycles. The summed E-state index contributed by atoms with van der Waals surface area (Å²) in [5.74, 6) is 0.676. The number of aryl methyl sites for hydroxylation is 1. The number of nitrogens with zero attached hydrogens (tertiary/aromatic N) is 1. The van der Waals surface area contributed by atoms with Crippen molar-refractivity contribution in [3.63, 3.8) is 0 Å². The van der Waals surface area contributed by atoms with E-state index in [1.54, 1.807) is 0 Å². The number of nitrogens with two attached hydrogens (primary N) is 1. The summed E-state index contributed by atoms with van der Waals surface area (Å²) in [5.41, 5.74) is 7.29. The molecule has 1 aromatic rings. The lowest BCUT2D eigenvalue weighted by molar-refractivity contribution is 1.15. The molecule has 0 fully saturated rings. The highest BCUT2D eigenvalue weighted by Crippen LogP contribution is 2.08. The zero-order valence-corrected chi connectivity index (χ0v) is 10.1. The number of pyridine rings is 1. The van der Waals surface area contributed by atoms with Gasteiger partial charge in [-0.3, -0.25) is 10.4 Å². The number of hydrogen-bond acceptors (Lipinski definition) is 3. The molecule has 0 saturated heterocycles. The van der Waals surface area contributed by atoms with Crippen molar-refractivity contribution >= 4 is 41.7 Å². The lowest BCUT2D eigenvalue weighted by Crippen LogP contribution is -2.04. The van der Waals surface area contributed by atoms with E-state index in [1.165, 1.54) is 11.8 Å². The molecular weight excluding hydrogens is 241 g/mol. The Labute approximate surface area is 100 Å². The average Bonchev–Trinajstić information content (AvgIpc) is 2.03. The average molecular weight is 254 g/mol. The fourth-order valence-electron chi connectivity index (χ4n) is 0.736. The molecule has 1 rings (SSSR count). The predicted octanol–water partition coefficient (Wildman–Crippen LogP) is 2.36. The van der Waals surface area contributed by atoms with Crippen LogP contribution in [0.5, 0.6) is 0 Å². The lowest BCUT2D eigenvalue weighted by atomic mass is 10.3. The van der Waals surface area contributed by atoms with E-state index in [4.69, 9.17) is 11.1 Å². The van der Waals surface area contributed by atoms with Crippen LogP contribution in [0.15, 0.2) is 18.3 Å². The zero-order chi connectivity index (χ0) is 8.97. The molecule has 14 heavy (non-hydrogen) atoms. The first-order valence-corrected chi connectivity index (χ1v) is 4.55. The minimum absolute atomic E-state index is 0. The van der Waals surface area contributed by atoms with Gasteiger partial charge in [-0.05, 0) is 18.6 Å². The van der Waals surface area contributed by atoms with Gasteiger partial charge >= 0.3 is 0 Å². The second-order valence-corrected chi connectivity index (χ2v) is 3.50. The molecule has 1 heterocycles. The van der Waals surface area contributed by atoms with Crippen molar-refractivity contribution in [3.8, 4) is 0 Å². The molecule has 3 N–H and O–H groups in total. The first kappa shape index (κ1) is 16.0. The maximum Gasteiger partial charge on any atom is 0.151 e. The highest BCUT2D eigenvalue weighted by atomic mass is 35.5. The van der Waals surface area contributed by atoms with E-state index < -0.39 is 0 Å². The van der Waals surface area contributed by atoms with E-state index in [0.29, 0.717) is 5.75 Å². The molecule has 0 bridgehead atoms. The Morgan fingerprint density at radius 3 is 2.57 bits per heavy atom. The predicted molar refractivity (Wildman–Crippen MR) is 66.7 cm³/mol. The van der Waals surface area contributed by atoms with Gasteiger partial charge in [0.25, 0.3) is 0 Å². The topological polar surface area (TPSA) is 62.8 Å². The minimum Gasteiger partial charge on any atom is -0.379 e. The summed E-state index contributed by atoms with van der Waals surface area (Å²) in [6.45, 7) is 1.99. The number of thioether (sulfide) groups is 1. The van der Waals surface area contributed by atoms with Crippen LogP contribution < -0.4 is 5.73 Å². The second kappa shape index (κ2) is 7.91. The van der Waals surface area contributed by atoms with Crippen molar-refractivity contribution < 1.29 is 0 Å². The quantitative estimate of drug-likeness (QED) is 0.629. The van der Waals surface area contributed by atoms with E-state index in [0.717, 1.165) is 11.3 Å². The van der Waals surface area contributed by atoms with Crippen LogP contribution in [0.4, 0.5) is 0 Å². The molecule has 0 radical (unpaired) electrons. The van der Waals surface area contributed by atoms with Gasteiger partial charge in [-0.15, -0.1) is 24.8 Å². The van der Waals surface area contributed by atoms with Crippen molar-refractivity contribution in [1.82, 2.24) is 4.98 Å². The number of halogens is 2. The van der Waals surface area contributed by atoms with Crippen molar-refractivity contribution in [1.29, 1.82) is 5.41 Å². The van der Waals surface area contributed by atoms with Crippen LogP contribution in [0.2, 0.25) is 0 Å². The van der Waals surface area contributed by atoms with Gasteiger partial charge in [0.1, 0.15) is 0 Å². The molecule has 0 saturated carbocycles. The van der Waals surface area contributed by atoms with Crippen molar-refractivity contribution in [3.05, 3.63) is 29.6 Å². The normalized spacial score (nSPS) is 8.36. The minimum atomic E-state index is 0. The summed E-state index contributed by atoms with van der Waals surface area (Å²) in [7, 11) is 0. The Morgan fingerprint density at radius 1 is 1.50 bits per heavy atom. The molecule has 0 aliphatic heterocycles. The molecule has 0 amide bonds. The Hall–Kier alpha value is -0.450.